The maximum absolute atomic E-state index is 12.1. The quantitative estimate of drug-likeness (QED) is 0.800. The number of hydrogen-bond donors (Lipinski definition) is 2. The van der Waals surface area contributed by atoms with E-state index in [1.807, 2.05) is 0 Å². The highest BCUT2D eigenvalue weighted by molar-refractivity contribution is 7.89. The molecule has 21 heavy (non-hydrogen) atoms. The third-order valence-corrected chi connectivity index (χ3v) is 4.54. The molecule has 7 nitrogen and oxygen atoms in total. The van der Waals surface area contributed by atoms with Crippen LogP contribution in [0.4, 0.5) is 0 Å². The summed E-state index contributed by atoms with van der Waals surface area (Å²) in [5.41, 5.74) is -0.191. The van der Waals surface area contributed by atoms with Gasteiger partial charge in [-0.3, -0.25) is 4.79 Å². The normalized spacial score (nSPS) is 11.2. The van der Waals surface area contributed by atoms with Crippen LogP contribution in [0.3, 0.4) is 0 Å². The van der Waals surface area contributed by atoms with Crippen molar-refractivity contribution in [3.63, 3.8) is 0 Å². The summed E-state index contributed by atoms with van der Waals surface area (Å²) in [6, 6.07) is 3.38. The van der Waals surface area contributed by atoms with Gasteiger partial charge in [-0.15, -0.1) is 0 Å². The van der Waals surface area contributed by atoms with Gasteiger partial charge in [-0.2, -0.15) is 0 Å². The van der Waals surface area contributed by atoms with Crippen molar-refractivity contribution in [2.45, 2.75) is 11.3 Å². The summed E-state index contributed by atoms with van der Waals surface area (Å²) in [7, 11) is -0.865. The van der Waals surface area contributed by atoms with Crippen LogP contribution in [-0.2, 0) is 14.8 Å². The minimum atomic E-state index is -3.98. The van der Waals surface area contributed by atoms with E-state index < -0.39 is 16.0 Å². The van der Waals surface area contributed by atoms with Crippen molar-refractivity contribution in [2.75, 3.05) is 20.6 Å². The molecule has 0 unspecified atom stereocenters. The Balaban J connectivity index is 2.90. The van der Waals surface area contributed by atoms with Crippen LogP contribution >= 0.6 is 11.6 Å². The van der Waals surface area contributed by atoms with Gasteiger partial charge in [0, 0.05) is 27.1 Å². The summed E-state index contributed by atoms with van der Waals surface area (Å²) >= 11 is 5.79. The molecule has 0 radical (unpaired) electrons. The highest BCUT2D eigenvalue weighted by Gasteiger charge is 2.20. The lowest BCUT2D eigenvalue weighted by atomic mass is 10.2. The molecular formula is C12H15ClN2O5S. The molecular weight excluding hydrogens is 320 g/mol. The highest BCUT2D eigenvalue weighted by atomic mass is 35.5. The molecule has 0 aliphatic carbocycles. The second-order valence-electron chi connectivity index (χ2n) is 4.39. The first-order chi connectivity index (χ1) is 9.65. The van der Waals surface area contributed by atoms with Crippen molar-refractivity contribution < 1.29 is 23.1 Å². The van der Waals surface area contributed by atoms with E-state index in [9.17, 15) is 18.0 Å². The van der Waals surface area contributed by atoms with E-state index in [4.69, 9.17) is 16.7 Å². The maximum atomic E-state index is 12.1. The van der Waals surface area contributed by atoms with Crippen molar-refractivity contribution in [1.29, 1.82) is 0 Å². The van der Waals surface area contributed by atoms with E-state index in [-0.39, 0.29) is 34.4 Å². The number of hydrogen-bond acceptors (Lipinski definition) is 4. The fourth-order valence-electron chi connectivity index (χ4n) is 1.44. The molecule has 116 valence electrons. The van der Waals surface area contributed by atoms with Crippen LogP contribution in [0.15, 0.2) is 23.1 Å². The minimum Gasteiger partial charge on any atom is -0.478 e. The number of nitrogens with zero attached hydrogens (tertiary/aromatic N) is 1. The molecule has 1 aromatic carbocycles. The van der Waals surface area contributed by atoms with Gasteiger partial charge in [0.05, 0.1) is 10.6 Å². The lowest BCUT2D eigenvalue weighted by Gasteiger charge is -2.11. The molecule has 1 amide bonds. The van der Waals surface area contributed by atoms with Gasteiger partial charge in [-0.25, -0.2) is 17.9 Å². The van der Waals surface area contributed by atoms with Gasteiger partial charge in [-0.1, -0.05) is 11.6 Å². The number of carbonyl (C=O) groups excluding carboxylic acids is 1. The van der Waals surface area contributed by atoms with Gasteiger partial charge in [0.25, 0.3) is 0 Å². The number of nitrogens with one attached hydrogen (secondary N) is 1. The molecule has 0 atom stereocenters. The van der Waals surface area contributed by atoms with Crippen LogP contribution in [0, 0.1) is 0 Å². The number of rotatable bonds is 6. The molecule has 0 aliphatic heterocycles. The summed E-state index contributed by atoms with van der Waals surface area (Å²) in [5.74, 6) is -1.49. The first-order valence-electron chi connectivity index (χ1n) is 5.88. The maximum Gasteiger partial charge on any atom is 0.335 e. The molecule has 0 aliphatic rings. The minimum absolute atomic E-state index is 0.0114. The molecule has 0 heterocycles. The molecule has 0 spiro atoms. The van der Waals surface area contributed by atoms with Crippen molar-refractivity contribution in [3.05, 3.63) is 28.8 Å². The molecule has 1 aromatic rings. The van der Waals surface area contributed by atoms with Crippen LogP contribution in [-0.4, -0.2) is 50.9 Å². The second-order valence-corrected chi connectivity index (χ2v) is 6.53. The fourth-order valence-corrected chi connectivity index (χ4v) is 2.99. The first kappa shape index (κ1) is 17.4. The summed E-state index contributed by atoms with van der Waals surface area (Å²) in [6.45, 7) is -0.104. The SMILES string of the molecule is CN(C)C(=O)CCNS(=O)(=O)c1cc(C(=O)O)ccc1Cl. The summed E-state index contributed by atoms with van der Waals surface area (Å²) in [6.07, 6.45) is -0.0114. The monoisotopic (exact) mass is 334 g/mol. The standard InChI is InChI=1S/C12H15ClN2O5S/c1-15(2)11(16)5-6-14-21(19,20)10-7-8(12(17)18)3-4-9(10)13/h3-4,7,14H,5-6H2,1-2H3,(H,17,18). The number of aromatic carboxylic acids is 1. The lowest BCUT2D eigenvalue weighted by molar-refractivity contribution is -0.128. The van der Waals surface area contributed by atoms with Crippen molar-refractivity contribution >= 4 is 33.5 Å². The average Bonchev–Trinajstić information content (AvgIpc) is 2.38. The third kappa shape index (κ3) is 4.69. The Bertz CT molecular complexity index is 658. The van der Waals surface area contributed by atoms with Crippen molar-refractivity contribution in [2.24, 2.45) is 0 Å². The lowest BCUT2D eigenvalue weighted by Crippen LogP contribution is -2.30. The molecule has 1 rings (SSSR count). The van der Waals surface area contributed by atoms with Crippen molar-refractivity contribution in [1.82, 2.24) is 9.62 Å². The molecule has 0 saturated carbocycles. The Morgan fingerprint density at radius 3 is 2.48 bits per heavy atom. The number of halogens is 1. The van der Waals surface area contributed by atoms with E-state index in [1.54, 1.807) is 14.1 Å². The first-order valence-corrected chi connectivity index (χ1v) is 7.74. The highest BCUT2D eigenvalue weighted by Crippen LogP contribution is 2.22. The second kappa shape index (κ2) is 6.88. The Hall–Kier alpha value is -1.64. The number of sulfonamides is 1. The molecule has 0 aromatic heterocycles. The predicted octanol–water partition coefficient (Wildman–Crippen LogP) is 0.795. The average molecular weight is 335 g/mol. The van der Waals surface area contributed by atoms with Gasteiger partial charge in [0.2, 0.25) is 15.9 Å². The Morgan fingerprint density at radius 2 is 1.95 bits per heavy atom. The van der Waals surface area contributed by atoms with Crippen LogP contribution in [0.2, 0.25) is 5.02 Å². The van der Waals surface area contributed by atoms with Gasteiger partial charge in [0.1, 0.15) is 4.90 Å². The molecule has 9 heteroatoms. The smallest absolute Gasteiger partial charge is 0.335 e. The van der Waals surface area contributed by atoms with E-state index in [0.717, 1.165) is 6.07 Å². The van der Waals surface area contributed by atoms with Crippen LogP contribution < -0.4 is 4.72 Å². The number of carboxylic acids is 1. The van der Waals surface area contributed by atoms with E-state index in [1.165, 1.54) is 17.0 Å². The molecule has 2 N–H and O–H groups in total. The topological polar surface area (TPSA) is 104 Å². The molecule has 0 saturated heterocycles. The predicted molar refractivity (Wildman–Crippen MR) is 76.9 cm³/mol. The van der Waals surface area contributed by atoms with Crippen molar-refractivity contribution in [3.8, 4) is 0 Å². The number of amides is 1. The zero-order valence-electron chi connectivity index (χ0n) is 11.5. The molecule has 0 fully saturated rings. The Morgan fingerprint density at radius 1 is 1.33 bits per heavy atom. The van der Waals surface area contributed by atoms with Crippen LogP contribution in [0.5, 0.6) is 0 Å². The third-order valence-electron chi connectivity index (χ3n) is 2.60. The number of carbonyl (C=O) groups is 2. The largest absolute Gasteiger partial charge is 0.478 e. The Labute approximate surface area is 127 Å². The van der Waals surface area contributed by atoms with Gasteiger partial charge in [-0.05, 0) is 18.2 Å². The zero-order chi connectivity index (χ0) is 16.2. The summed E-state index contributed by atoms with van der Waals surface area (Å²) < 4.78 is 26.3. The molecule has 0 bridgehead atoms. The Kier molecular flexibility index (Phi) is 5.70. The van der Waals surface area contributed by atoms with Gasteiger partial charge >= 0.3 is 5.97 Å². The van der Waals surface area contributed by atoms with E-state index >= 15 is 0 Å². The van der Waals surface area contributed by atoms with E-state index in [0.29, 0.717) is 0 Å². The summed E-state index contributed by atoms with van der Waals surface area (Å²) in [4.78, 5) is 23.2. The number of carboxylic acid groups (broad SMARTS) is 1. The van der Waals surface area contributed by atoms with Crippen LogP contribution in [0.1, 0.15) is 16.8 Å². The van der Waals surface area contributed by atoms with Gasteiger partial charge in [0.15, 0.2) is 0 Å². The number of benzene rings is 1. The van der Waals surface area contributed by atoms with Crippen LogP contribution in [0.25, 0.3) is 0 Å². The van der Waals surface area contributed by atoms with Gasteiger partial charge < -0.3 is 10.0 Å². The fraction of sp³-hybridized carbons (Fsp3) is 0.333. The summed E-state index contributed by atoms with van der Waals surface area (Å²) in [5, 5.41) is 8.78. The van der Waals surface area contributed by atoms with E-state index in [2.05, 4.69) is 4.72 Å². The zero-order valence-corrected chi connectivity index (χ0v) is 13.0.